The minimum absolute atomic E-state index is 0.0982. The number of amides is 1. The molecule has 0 unspecified atom stereocenters. The molecule has 2 N–H and O–H groups in total. The molecule has 4 aromatic rings. The molecule has 8 nitrogen and oxygen atoms in total. The van der Waals surface area contributed by atoms with Gasteiger partial charge in [-0.1, -0.05) is 29.8 Å². The van der Waals surface area contributed by atoms with E-state index in [-0.39, 0.29) is 12.5 Å². The summed E-state index contributed by atoms with van der Waals surface area (Å²) in [6.07, 6.45) is 1.49. The molecule has 0 radical (unpaired) electrons. The van der Waals surface area contributed by atoms with Gasteiger partial charge in [-0.25, -0.2) is 10.4 Å². The van der Waals surface area contributed by atoms with Crippen LogP contribution in [0.15, 0.2) is 75.6 Å². The number of nitriles is 1. The van der Waals surface area contributed by atoms with Gasteiger partial charge >= 0.3 is 0 Å². The van der Waals surface area contributed by atoms with Crippen LogP contribution in [0.4, 0.5) is 10.8 Å². The van der Waals surface area contributed by atoms with E-state index in [1.807, 2.05) is 54.8 Å². The lowest BCUT2D eigenvalue weighted by Crippen LogP contribution is -2.17. The number of nitrogens with zero attached hydrogens (tertiary/aromatic N) is 3. The van der Waals surface area contributed by atoms with Crippen molar-refractivity contribution >= 4 is 50.2 Å². The lowest BCUT2D eigenvalue weighted by molar-refractivity contribution is 0.0955. The highest BCUT2D eigenvalue weighted by molar-refractivity contribution is 9.10. The molecule has 0 atom stereocenters. The summed E-state index contributed by atoms with van der Waals surface area (Å²) in [4.78, 5) is 17.2. The molecule has 0 bridgehead atoms. The maximum absolute atomic E-state index is 12.6. The van der Waals surface area contributed by atoms with E-state index >= 15 is 0 Å². The van der Waals surface area contributed by atoms with Gasteiger partial charge in [0.2, 0.25) is 0 Å². The molecule has 1 aromatic heterocycles. The van der Waals surface area contributed by atoms with Crippen molar-refractivity contribution in [1.82, 2.24) is 10.4 Å². The summed E-state index contributed by atoms with van der Waals surface area (Å²) in [5.41, 5.74) is 7.56. The monoisotopic (exact) mass is 575 g/mol. The van der Waals surface area contributed by atoms with Crippen LogP contribution in [-0.2, 0) is 0 Å². The van der Waals surface area contributed by atoms with Gasteiger partial charge in [-0.05, 0) is 59.3 Å². The SMILES string of the molecule is COc1cc(/C=N\NC(=O)c2ccc(-c3csc(Nc4ccc(C)cc4)n3)cc2)c(Br)cc1OCC#N. The average molecular weight is 576 g/mol. The first-order chi connectivity index (χ1) is 18.0. The maximum Gasteiger partial charge on any atom is 0.271 e. The number of hydrogen-bond donors (Lipinski definition) is 2. The Morgan fingerprint density at radius 3 is 2.62 bits per heavy atom. The van der Waals surface area contributed by atoms with E-state index in [4.69, 9.17) is 14.7 Å². The zero-order chi connectivity index (χ0) is 26.2. The number of methoxy groups -OCH3 is 1. The Morgan fingerprint density at radius 2 is 1.92 bits per heavy atom. The Kier molecular flexibility index (Phi) is 8.51. The summed E-state index contributed by atoms with van der Waals surface area (Å²) in [7, 11) is 1.50. The van der Waals surface area contributed by atoms with Gasteiger partial charge in [0, 0.05) is 32.2 Å². The molecule has 4 rings (SSSR count). The van der Waals surface area contributed by atoms with Crippen LogP contribution in [0.3, 0.4) is 0 Å². The number of ether oxygens (including phenoxy) is 2. The minimum atomic E-state index is -0.347. The highest BCUT2D eigenvalue weighted by atomic mass is 79.9. The molecule has 0 fully saturated rings. The van der Waals surface area contributed by atoms with E-state index in [0.29, 0.717) is 27.1 Å². The van der Waals surface area contributed by atoms with Crippen LogP contribution >= 0.6 is 27.3 Å². The second-order valence-corrected chi connectivity index (χ2v) is 9.49. The van der Waals surface area contributed by atoms with E-state index in [9.17, 15) is 4.79 Å². The third kappa shape index (κ3) is 6.73. The molecule has 0 saturated carbocycles. The smallest absolute Gasteiger partial charge is 0.271 e. The van der Waals surface area contributed by atoms with Crippen LogP contribution in [0.1, 0.15) is 21.5 Å². The highest BCUT2D eigenvalue weighted by Crippen LogP contribution is 2.33. The molecule has 0 aliphatic heterocycles. The molecule has 0 spiro atoms. The topological polar surface area (TPSA) is 109 Å². The maximum atomic E-state index is 12.6. The molecule has 0 aliphatic carbocycles. The van der Waals surface area contributed by atoms with Gasteiger partial charge in [-0.15, -0.1) is 11.3 Å². The van der Waals surface area contributed by atoms with Crippen molar-refractivity contribution in [3.8, 4) is 28.8 Å². The number of hydrogen-bond acceptors (Lipinski definition) is 8. The molecular weight excluding hydrogens is 554 g/mol. The minimum Gasteiger partial charge on any atom is -0.493 e. The first kappa shape index (κ1) is 25.9. The predicted molar refractivity (Wildman–Crippen MR) is 149 cm³/mol. The van der Waals surface area contributed by atoms with Gasteiger partial charge in [0.15, 0.2) is 23.2 Å². The molecule has 10 heteroatoms. The standard InChI is InChI=1S/C27H22BrN5O3S/c1-17-3-9-21(10-4-17)31-27-32-23(16-37-27)18-5-7-19(8-6-18)26(34)33-30-15-20-13-24(35-2)25(14-22(20)28)36-12-11-29/h3-10,13-16H,12H2,1-2H3,(H,31,32)(H,33,34)/b30-15-. The Hall–Kier alpha value is -4.20. The Morgan fingerprint density at radius 1 is 1.16 bits per heavy atom. The van der Waals surface area contributed by atoms with Gasteiger partial charge in [-0.2, -0.15) is 10.4 Å². The van der Waals surface area contributed by atoms with Crippen molar-refractivity contribution in [2.24, 2.45) is 5.10 Å². The zero-order valence-corrected chi connectivity index (χ0v) is 22.4. The summed E-state index contributed by atoms with van der Waals surface area (Å²) < 4.78 is 11.3. The summed E-state index contributed by atoms with van der Waals surface area (Å²) in [6.45, 7) is 1.95. The van der Waals surface area contributed by atoms with E-state index in [1.54, 1.807) is 24.3 Å². The third-order valence-electron chi connectivity index (χ3n) is 5.19. The van der Waals surface area contributed by atoms with Crippen LogP contribution in [0, 0.1) is 18.3 Å². The first-order valence-electron chi connectivity index (χ1n) is 11.1. The summed E-state index contributed by atoms with van der Waals surface area (Å²) in [5, 5.41) is 18.8. The number of nitrogens with one attached hydrogen (secondary N) is 2. The number of thiazole rings is 1. The lowest BCUT2D eigenvalue weighted by atomic mass is 10.1. The van der Waals surface area contributed by atoms with Gasteiger partial charge in [0.1, 0.15) is 6.07 Å². The molecule has 186 valence electrons. The first-order valence-corrected chi connectivity index (χ1v) is 12.7. The second kappa shape index (κ2) is 12.2. The number of benzene rings is 3. The summed E-state index contributed by atoms with van der Waals surface area (Å²) in [5.74, 6) is 0.524. The number of carbonyl (C=O) groups excluding carboxylic acids is 1. The van der Waals surface area contributed by atoms with E-state index < -0.39 is 0 Å². The van der Waals surface area contributed by atoms with Crippen molar-refractivity contribution in [2.75, 3.05) is 19.0 Å². The largest absolute Gasteiger partial charge is 0.493 e. The van der Waals surface area contributed by atoms with Crippen molar-refractivity contribution in [3.05, 3.63) is 87.2 Å². The number of rotatable bonds is 9. The third-order valence-corrected chi connectivity index (χ3v) is 6.64. The van der Waals surface area contributed by atoms with Crippen LogP contribution < -0.4 is 20.2 Å². The Balaban J connectivity index is 1.38. The average Bonchev–Trinajstić information content (AvgIpc) is 3.38. The van der Waals surface area contributed by atoms with Crippen molar-refractivity contribution < 1.29 is 14.3 Å². The molecule has 3 aromatic carbocycles. The normalized spacial score (nSPS) is 10.6. The number of aryl methyl sites for hydroxylation is 1. The zero-order valence-electron chi connectivity index (χ0n) is 20.0. The van der Waals surface area contributed by atoms with Gasteiger partial charge in [0.05, 0.1) is 19.0 Å². The van der Waals surface area contributed by atoms with Crippen LogP contribution in [-0.4, -0.2) is 30.8 Å². The molecule has 1 amide bonds. The quantitative estimate of drug-likeness (QED) is 0.179. The van der Waals surface area contributed by atoms with Gasteiger partial charge in [0.25, 0.3) is 5.91 Å². The highest BCUT2D eigenvalue weighted by Gasteiger charge is 2.11. The molecule has 0 aliphatic rings. The van der Waals surface area contributed by atoms with Gasteiger partial charge < -0.3 is 14.8 Å². The number of anilines is 2. The number of hydrazone groups is 1. The summed E-state index contributed by atoms with van der Waals surface area (Å²) in [6, 6.07) is 20.6. The molecular formula is C27H22BrN5O3S. The Bertz CT molecular complexity index is 1460. The van der Waals surface area contributed by atoms with Crippen molar-refractivity contribution in [2.45, 2.75) is 6.92 Å². The van der Waals surface area contributed by atoms with E-state index in [2.05, 4.69) is 36.8 Å². The van der Waals surface area contributed by atoms with E-state index in [0.717, 1.165) is 22.1 Å². The fraction of sp³-hybridized carbons (Fsp3) is 0.111. The second-order valence-electron chi connectivity index (χ2n) is 7.78. The number of carbonyl (C=O) groups is 1. The van der Waals surface area contributed by atoms with Crippen molar-refractivity contribution in [1.29, 1.82) is 5.26 Å². The number of halogens is 1. The fourth-order valence-corrected chi connectivity index (χ4v) is 4.44. The predicted octanol–water partition coefficient (Wildman–Crippen LogP) is 6.30. The molecule has 1 heterocycles. The molecule has 37 heavy (non-hydrogen) atoms. The van der Waals surface area contributed by atoms with Crippen LogP contribution in [0.25, 0.3) is 11.3 Å². The fourth-order valence-electron chi connectivity index (χ4n) is 3.27. The van der Waals surface area contributed by atoms with E-state index in [1.165, 1.54) is 30.2 Å². The van der Waals surface area contributed by atoms with Crippen LogP contribution in [0.5, 0.6) is 11.5 Å². The van der Waals surface area contributed by atoms with Gasteiger partial charge in [-0.3, -0.25) is 4.79 Å². The Labute approximate surface area is 226 Å². The van der Waals surface area contributed by atoms with Crippen LogP contribution in [0.2, 0.25) is 0 Å². The summed E-state index contributed by atoms with van der Waals surface area (Å²) >= 11 is 4.95. The van der Waals surface area contributed by atoms with Crippen molar-refractivity contribution in [3.63, 3.8) is 0 Å². The number of aromatic nitrogens is 1. The lowest BCUT2D eigenvalue weighted by Gasteiger charge is -2.10. The molecule has 0 saturated heterocycles.